The number of nitrogens with zero attached hydrogens (tertiary/aromatic N) is 2. The highest BCUT2D eigenvalue weighted by Gasteiger charge is 2.02. The molecule has 0 aliphatic carbocycles. The van der Waals surface area contributed by atoms with Crippen LogP contribution in [0.1, 0.15) is 22.8 Å². The smallest absolute Gasteiger partial charge is 0.208 e. The van der Waals surface area contributed by atoms with Gasteiger partial charge in [-0.15, -0.1) is 0 Å². The van der Waals surface area contributed by atoms with Crippen LogP contribution in [0.15, 0.2) is 34.9 Å². The van der Waals surface area contributed by atoms with E-state index < -0.39 is 0 Å². The van der Waals surface area contributed by atoms with Crippen LogP contribution in [0.2, 0.25) is 0 Å². The highest BCUT2D eigenvalue weighted by Crippen LogP contribution is 2.07. The predicted octanol–water partition coefficient (Wildman–Crippen LogP) is 2.14. The second-order valence-electron chi connectivity index (χ2n) is 3.74. The fourth-order valence-electron chi connectivity index (χ4n) is 1.57. The summed E-state index contributed by atoms with van der Waals surface area (Å²) in [4.78, 5) is 4.10. The van der Waals surface area contributed by atoms with E-state index in [1.54, 1.807) is 6.20 Å². The number of benzene rings is 1. The predicted molar refractivity (Wildman–Crippen MR) is 62.9 cm³/mol. The van der Waals surface area contributed by atoms with E-state index in [1.807, 2.05) is 31.2 Å². The minimum atomic E-state index is 0.563. The zero-order chi connectivity index (χ0) is 12.1. The number of hydrogen-bond acceptors (Lipinski definition) is 4. The number of hydrogen-bond donors (Lipinski definition) is 1. The molecule has 2 rings (SSSR count). The molecule has 0 atom stereocenters. The van der Waals surface area contributed by atoms with Crippen molar-refractivity contribution in [3.63, 3.8) is 0 Å². The van der Waals surface area contributed by atoms with Crippen LogP contribution in [0.25, 0.3) is 0 Å². The van der Waals surface area contributed by atoms with Crippen molar-refractivity contribution >= 4 is 0 Å². The van der Waals surface area contributed by atoms with Crippen molar-refractivity contribution in [3.05, 3.63) is 53.2 Å². The molecule has 0 fully saturated rings. The van der Waals surface area contributed by atoms with Crippen LogP contribution < -0.4 is 5.32 Å². The van der Waals surface area contributed by atoms with E-state index in [0.717, 1.165) is 11.3 Å². The van der Waals surface area contributed by atoms with Crippen LogP contribution in [-0.2, 0) is 13.1 Å². The summed E-state index contributed by atoms with van der Waals surface area (Å²) in [5.41, 5.74) is 1.68. The molecule has 0 bridgehead atoms. The van der Waals surface area contributed by atoms with Crippen molar-refractivity contribution in [2.24, 2.45) is 0 Å². The Morgan fingerprint density at radius 1 is 1.35 bits per heavy atom. The molecular formula is C13H13N3O. The molecule has 0 unspecified atom stereocenters. The van der Waals surface area contributed by atoms with Gasteiger partial charge in [0.25, 0.3) is 0 Å². The summed E-state index contributed by atoms with van der Waals surface area (Å²) in [6.07, 6.45) is 1.69. The lowest BCUT2D eigenvalue weighted by Crippen LogP contribution is -2.13. The minimum absolute atomic E-state index is 0.563. The molecule has 1 N–H and O–H groups in total. The molecule has 0 aliphatic rings. The SMILES string of the molecule is Cc1cnc(CNCc2ccccc2C#N)o1. The molecule has 1 aromatic heterocycles. The van der Waals surface area contributed by atoms with Gasteiger partial charge in [-0.1, -0.05) is 18.2 Å². The summed E-state index contributed by atoms with van der Waals surface area (Å²) < 4.78 is 5.34. The molecule has 0 spiro atoms. The maximum atomic E-state index is 8.93. The van der Waals surface area contributed by atoms with Gasteiger partial charge in [0.1, 0.15) is 5.76 Å². The summed E-state index contributed by atoms with van der Waals surface area (Å²) in [6.45, 7) is 3.06. The highest BCUT2D eigenvalue weighted by molar-refractivity contribution is 5.37. The average Bonchev–Trinajstić information content (AvgIpc) is 2.76. The Balaban J connectivity index is 1.92. The normalized spacial score (nSPS) is 10.1. The Morgan fingerprint density at radius 2 is 2.18 bits per heavy atom. The summed E-state index contributed by atoms with van der Waals surface area (Å²) in [5, 5.41) is 12.1. The van der Waals surface area contributed by atoms with Gasteiger partial charge in [0.05, 0.1) is 24.4 Å². The fourth-order valence-corrected chi connectivity index (χ4v) is 1.57. The summed E-state index contributed by atoms with van der Waals surface area (Å²) >= 11 is 0. The number of nitriles is 1. The molecule has 0 amide bonds. The Bertz CT molecular complexity index is 540. The van der Waals surface area contributed by atoms with Gasteiger partial charge in [-0.05, 0) is 18.6 Å². The molecular weight excluding hydrogens is 214 g/mol. The molecule has 1 aromatic carbocycles. The lowest BCUT2D eigenvalue weighted by Gasteiger charge is -2.04. The van der Waals surface area contributed by atoms with E-state index in [0.29, 0.717) is 24.5 Å². The largest absolute Gasteiger partial charge is 0.445 e. The lowest BCUT2D eigenvalue weighted by molar-refractivity contribution is 0.449. The third-order valence-electron chi connectivity index (χ3n) is 2.40. The van der Waals surface area contributed by atoms with Gasteiger partial charge >= 0.3 is 0 Å². The van der Waals surface area contributed by atoms with Gasteiger partial charge in [-0.25, -0.2) is 4.98 Å². The second kappa shape index (κ2) is 5.28. The first-order valence-electron chi connectivity index (χ1n) is 5.39. The van der Waals surface area contributed by atoms with Crippen LogP contribution >= 0.6 is 0 Å². The Hall–Kier alpha value is -2.12. The average molecular weight is 227 g/mol. The van der Waals surface area contributed by atoms with E-state index in [2.05, 4.69) is 16.4 Å². The van der Waals surface area contributed by atoms with Crippen molar-refractivity contribution in [1.29, 1.82) is 5.26 Å². The number of aryl methyl sites for hydroxylation is 1. The third kappa shape index (κ3) is 2.92. The van der Waals surface area contributed by atoms with E-state index in [9.17, 15) is 0 Å². The van der Waals surface area contributed by atoms with Crippen LogP contribution in [0.4, 0.5) is 0 Å². The first-order valence-corrected chi connectivity index (χ1v) is 5.39. The maximum Gasteiger partial charge on any atom is 0.208 e. The Kier molecular flexibility index (Phi) is 3.53. The summed E-state index contributed by atoms with van der Waals surface area (Å²) in [6, 6.07) is 9.70. The molecule has 0 saturated heterocycles. The molecule has 2 aromatic rings. The van der Waals surface area contributed by atoms with Crippen molar-refractivity contribution in [2.45, 2.75) is 20.0 Å². The molecule has 4 nitrogen and oxygen atoms in total. The minimum Gasteiger partial charge on any atom is -0.445 e. The summed E-state index contributed by atoms with van der Waals surface area (Å²) in [5.74, 6) is 1.47. The quantitative estimate of drug-likeness (QED) is 0.869. The number of oxazole rings is 1. The second-order valence-corrected chi connectivity index (χ2v) is 3.74. The highest BCUT2D eigenvalue weighted by atomic mass is 16.4. The van der Waals surface area contributed by atoms with E-state index in [-0.39, 0.29) is 0 Å². The van der Waals surface area contributed by atoms with Crippen LogP contribution in [-0.4, -0.2) is 4.98 Å². The third-order valence-corrected chi connectivity index (χ3v) is 2.40. The Morgan fingerprint density at radius 3 is 2.88 bits per heavy atom. The van der Waals surface area contributed by atoms with Crippen LogP contribution in [0, 0.1) is 18.3 Å². The molecule has 4 heteroatoms. The van der Waals surface area contributed by atoms with Crippen molar-refractivity contribution in [2.75, 3.05) is 0 Å². The van der Waals surface area contributed by atoms with E-state index in [1.165, 1.54) is 0 Å². The molecule has 86 valence electrons. The van der Waals surface area contributed by atoms with Crippen molar-refractivity contribution in [1.82, 2.24) is 10.3 Å². The maximum absolute atomic E-state index is 8.93. The van der Waals surface area contributed by atoms with E-state index in [4.69, 9.17) is 9.68 Å². The molecule has 1 heterocycles. The topological polar surface area (TPSA) is 61.9 Å². The lowest BCUT2D eigenvalue weighted by atomic mass is 10.1. The van der Waals surface area contributed by atoms with Crippen molar-refractivity contribution in [3.8, 4) is 6.07 Å². The zero-order valence-electron chi connectivity index (χ0n) is 9.60. The number of rotatable bonds is 4. The van der Waals surface area contributed by atoms with Gasteiger partial charge in [0.15, 0.2) is 0 Å². The first kappa shape index (κ1) is 11.4. The fraction of sp³-hybridized carbons (Fsp3) is 0.231. The Labute approximate surface area is 99.9 Å². The molecule has 0 radical (unpaired) electrons. The molecule has 0 saturated carbocycles. The van der Waals surface area contributed by atoms with Gasteiger partial charge in [0, 0.05) is 6.54 Å². The number of aromatic nitrogens is 1. The molecule has 17 heavy (non-hydrogen) atoms. The molecule has 0 aliphatic heterocycles. The monoisotopic (exact) mass is 227 g/mol. The first-order chi connectivity index (χ1) is 8.29. The van der Waals surface area contributed by atoms with E-state index >= 15 is 0 Å². The van der Waals surface area contributed by atoms with Crippen LogP contribution in [0.5, 0.6) is 0 Å². The summed E-state index contributed by atoms with van der Waals surface area (Å²) in [7, 11) is 0. The van der Waals surface area contributed by atoms with Gasteiger partial charge in [-0.3, -0.25) is 0 Å². The number of nitrogens with one attached hydrogen (secondary N) is 1. The van der Waals surface area contributed by atoms with Crippen LogP contribution in [0.3, 0.4) is 0 Å². The van der Waals surface area contributed by atoms with Crippen molar-refractivity contribution < 1.29 is 4.42 Å². The van der Waals surface area contributed by atoms with Gasteiger partial charge in [0.2, 0.25) is 5.89 Å². The van der Waals surface area contributed by atoms with Gasteiger partial charge < -0.3 is 9.73 Å². The zero-order valence-corrected chi connectivity index (χ0v) is 9.60. The standard InChI is InChI=1S/C13H13N3O/c1-10-7-16-13(17-10)9-15-8-12-5-3-2-4-11(12)6-14/h2-5,7,15H,8-9H2,1H3. The van der Waals surface area contributed by atoms with Gasteiger partial charge in [-0.2, -0.15) is 5.26 Å².